The van der Waals surface area contributed by atoms with Gasteiger partial charge in [-0.15, -0.1) is 0 Å². The van der Waals surface area contributed by atoms with Crippen molar-refractivity contribution in [3.05, 3.63) is 12.2 Å². The van der Waals surface area contributed by atoms with Crippen LogP contribution in [0.4, 0.5) is 4.79 Å². The Morgan fingerprint density at radius 3 is 2.62 bits per heavy atom. The van der Waals surface area contributed by atoms with Gasteiger partial charge < -0.3 is 20.8 Å². The van der Waals surface area contributed by atoms with Crippen LogP contribution in [0.1, 0.15) is 18.7 Å². The molecule has 0 aliphatic rings. The highest BCUT2D eigenvalue weighted by Crippen LogP contribution is 1.98. The van der Waals surface area contributed by atoms with E-state index < -0.39 is 24.0 Å². The zero-order valence-electron chi connectivity index (χ0n) is 11.4. The number of carbonyl (C=O) groups excluding carboxylic acids is 1. The lowest BCUT2D eigenvalue weighted by molar-refractivity contribution is -0.140. The third kappa shape index (κ3) is 6.36. The molecule has 10 nitrogen and oxygen atoms in total. The van der Waals surface area contributed by atoms with Gasteiger partial charge in [-0.05, 0) is 6.42 Å². The molecule has 0 fully saturated rings. The first kappa shape index (κ1) is 16.4. The number of carbonyl (C=O) groups is 3. The van der Waals surface area contributed by atoms with Gasteiger partial charge in [0.05, 0.1) is 0 Å². The minimum Gasteiger partial charge on any atom is -0.481 e. The summed E-state index contributed by atoms with van der Waals surface area (Å²) in [4.78, 5) is 36.8. The van der Waals surface area contributed by atoms with Gasteiger partial charge in [0.1, 0.15) is 12.4 Å². The zero-order chi connectivity index (χ0) is 15.8. The molecule has 0 saturated carbocycles. The van der Waals surface area contributed by atoms with Crippen LogP contribution in [0.5, 0.6) is 0 Å². The third-order valence-corrected chi connectivity index (χ3v) is 2.53. The average molecular weight is 299 g/mol. The van der Waals surface area contributed by atoms with E-state index in [9.17, 15) is 14.4 Å². The second-order valence-corrected chi connectivity index (χ2v) is 4.31. The minimum atomic E-state index is -1.28. The van der Waals surface area contributed by atoms with E-state index in [1.54, 1.807) is 7.05 Å². The summed E-state index contributed by atoms with van der Waals surface area (Å²) < 4.78 is 1.53. The molecule has 1 atom stereocenters. The Labute approximate surface area is 120 Å². The SMILES string of the molecule is Cn1cnc(CCNC(=O)N[C@@H](CCC(=O)O)C(=O)O)n1. The number of carboxylic acids is 2. The lowest BCUT2D eigenvalue weighted by atomic mass is 10.1. The number of aromatic nitrogens is 3. The fraction of sp³-hybridized carbons (Fsp3) is 0.545. The van der Waals surface area contributed by atoms with Crippen LogP contribution in [0, 0.1) is 0 Å². The van der Waals surface area contributed by atoms with Crippen molar-refractivity contribution in [1.82, 2.24) is 25.4 Å². The van der Waals surface area contributed by atoms with Gasteiger partial charge in [-0.2, -0.15) is 5.10 Å². The normalized spacial score (nSPS) is 11.7. The first-order valence-corrected chi connectivity index (χ1v) is 6.22. The zero-order valence-corrected chi connectivity index (χ0v) is 11.4. The van der Waals surface area contributed by atoms with Gasteiger partial charge in [-0.1, -0.05) is 0 Å². The van der Waals surface area contributed by atoms with E-state index in [1.807, 2.05) is 0 Å². The molecule has 2 amide bonds. The van der Waals surface area contributed by atoms with Gasteiger partial charge in [0.15, 0.2) is 5.82 Å². The van der Waals surface area contributed by atoms with E-state index in [0.29, 0.717) is 12.2 Å². The van der Waals surface area contributed by atoms with E-state index in [4.69, 9.17) is 10.2 Å². The standard InChI is InChI=1S/C11H17N5O5/c1-16-6-13-8(15-16)4-5-12-11(21)14-7(10(19)20)2-3-9(17)18/h6-7H,2-5H2,1H3,(H,17,18)(H,19,20)(H2,12,14,21)/t7-/m0/s1. The number of hydrogen-bond donors (Lipinski definition) is 4. The molecule has 0 bridgehead atoms. The quantitative estimate of drug-likeness (QED) is 0.480. The summed E-state index contributed by atoms with van der Waals surface area (Å²) >= 11 is 0. The molecule has 0 aromatic carbocycles. The molecule has 0 saturated heterocycles. The highest BCUT2D eigenvalue weighted by Gasteiger charge is 2.20. The van der Waals surface area contributed by atoms with Gasteiger partial charge in [-0.25, -0.2) is 14.6 Å². The molecule has 1 aromatic heterocycles. The highest BCUT2D eigenvalue weighted by molar-refractivity contribution is 5.82. The summed E-state index contributed by atoms with van der Waals surface area (Å²) in [5, 5.41) is 26.1. The molecule has 4 N–H and O–H groups in total. The molecular formula is C11H17N5O5. The van der Waals surface area contributed by atoms with E-state index >= 15 is 0 Å². The molecule has 10 heteroatoms. The number of rotatable bonds is 8. The molecular weight excluding hydrogens is 282 g/mol. The number of urea groups is 1. The molecule has 0 aliphatic heterocycles. The van der Waals surface area contributed by atoms with Crippen molar-refractivity contribution in [3.8, 4) is 0 Å². The van der Waals surface area contributed by atoms with Crippen LogP contribution < -0.4 is 10.6 Å². The van der Waals surface area contributed by atoms with Crippen LogP contribution in [0.3, 0.4) is 0 Å². The topological polar surface area (TPSA) is 146 Å². The Kier molecular flexibility index (Phi) is 6.11. The predicted molar refractivity (Wildman–Crippen MR) is 69.5 cm³/mol. The van der Waals surface area contributed by atoms with Crippen LogP contribution >= 0.6 is 0 Å². The molecule has 1 rings (SSSR count). The van der Waals surface area contributed by atoms with Gasteiger partial charge in [-0.3, -0.25) is 9.48 Å². The Balaban J connectivity index is 2.32. The minimum absolute atomic E-state index is 0.181. The van der Waals surface area contributed by atoms with Crippen molar-refractivity contribution in [2.75, 3.05) is 6.54 Å². The molecule has 0 unspecified atom stereocenters. The van der Waals surface area contributed by atoms with E-state index in [2.05, 4.69) is 20.7 Å². The largest absolute Gasteiger partial charge is 0.481 e. The second kappa shape index (κ2) is 7.82. The van der Waals surface area contributed by atoms with Crippen molar-refractivity contribution >= 4 is 18.0 Å². The lowest BCUT2D eigenvalue weighted by Gasteiger charge is -2.13. The molecule has 116 valence electrons. The first-order chi connectivity index (χ1) is 9.88. The number of nitrogens with zero attached hydrogens (tertiary/aromatic N) is 3. The monoisotopic (exact) mass is 299 g/mol. The predicted octanol–water partition coefficient (Wildman–Crippen LogP) is -1.03. The van der Waals surface area contributed by atoms with Gasteiger partial charge in [0.2, 0.25) is 0 Å². The lowest BCUT2D eigenvalue weighted by Crippen LogP contribution is -2.46. The Bertz CT molecular complexity index is 515. The Morgan fingerprint density at radius 1 is 1.38 bits per heavy atom. The highest BCUT2D eigenvalue weighted by atomic mass is 16.4. The number of aryl methyl sites for hydroxylation is 1. The maximum Gasteiger partial charge on any atom is 0.326 e. The summed E-state index contributed by atoms with van der Waals surface area (Å²) in [6, 6.07) is -1.92. The van der Waals surface area contributed by atoms with Crippen molar-refractivity contribution in [1.29, 1.82) is 0 Å². The molecule has 1 heterocycles. The van der Waals surface area contributed by atoms with Gasteiger partial charge in [0, 0.05) is 26.4 Å². The van der Waals surface area contributed by atoms with Crippen LogP contribution in [-0.4, -0.2) is 55.5 Å². The summed E-state index contributed by atoms with van der Waals surface area (Å²) in [5.41, 5.74) is 0. The smallest absolute Gasteiger partial charge is 0.326 e. The fourth-order valence-corrected chi connectivity index (χ4v) is 1.52. The summed E-state index contributed by atoms with van der Waals surface area (Å²) in [5.74, 6) is -1.85. The van der Waals surface area contributed by atoms with Crippen LogP contribution in [0.2, 0.25) is 0 Å². The molecule has 0 aliphatic carbocycles. The average Bonchev–Trinajstić information content (AvgIpc) is 2.79. The molecule has 21 heavy (non-hydrogen) atoms. The van der Waals surface area contributed by atoms with Crippen LogP contribution in [0.15, 0.2) is 6.33 Å². The number of carboxylic acid groups (broad SMARTS) is 2. The first-order valence-electron chi connectivity index (χ1n) is 6.22. The van der Waals surface area contributed by atoms with Gasteiger partial charge >= 0.3 is 18.0 Å². The fourth-order valence-electron chi connectivity index (χ4n) is 1.52. The third-order valence-electron chi connectivity index (χ3n) is 2.53. The molecule has 1 aromatic rings. The van der Waals surface area contributed by atoms with Crippen LogP contribution in [-0.2, 0) is 23.1 Å². The number of aliphatic carboxylic acids is 2. The van der Waals surface area contributed by atoms with Crippen LogP contribution in [0.25, 0.3) is 0 Å². The van der Waals surface area contributed by atoms with E-state index in [-0.39, 0.29) is 19.4 Å². The van der Waals surface area contributed by atoms with Crippen molar-refractivity contribution in [2.24, 2.45) is 7.05 Å². The van der Waals surface area contributed by atoms with Crippen molar-refractivity contribution in [2.45, 2.75) is 25.3 Å². The van der Waals surface area contributed by atoms with Crippen molar-refractivity contribution < 1.29 is 24.6 Å². The summed E-state index contributed by atoms with van der Waals surface area (Å²) in [6.45, 7) is 0.237. The molecule has 0 spiro atoms. The molecule has 0 radical (unpaired) electrons. The number of hydrogen-bond acceptors (Lipinski definition) is 5. The maximum atomic E-state index is 11.5. The maximum absolute atomic E-state index is 11.5. The summed E-state index contributed by atoms with van der Waals surface area (Å²) in [7, 11) is 1.72. The van der Waals surface area contributed by atoms with Crippen molar-refractivity contribution in [3.63, 3.8) is 0 Å². The van der Waals surface area contributed by atoms with Gasteiger partial charge in [0.25, 0.3) is 0 Å². The van der Waals surface area contributed by atoms with E-state index in [1.165, 1.54) is 11.0 Å². The van der Waals surface area contributed by atoms with E-state index in [0.717, 1.165) is 0 Å². The number of amides is 2. The summed E-state index contributed by atoms with van der Waals surface area (Å²) in [6.07, 6.45) is 1.41. The Hall–Kier alpha value is -2.65. The second-order valence-electron chi connectivity index (χ2n) is 4.31. The Morgan fingerprint density at radius 2 is 2.10 bits per heavy atom. The number of nitrogens with one attached hydrogen (secondary N) is 2.